The van der Waals surface area contributed by atoms with Gasteiger partial charge in [0, 0.05) is 12.2 Å². The van der Waals surface area contributed by atoms with Crippen molar-refractivity contribution in [1.29, 1.82) is 0 Å². The van der Waals surface area contributed by atoms with Crippen LogP contribution in [0.1, 0.15) is 18.4 Å². The predicted octanol–water partition coefficient (Wildman–Crippen LogP) is 2.89. The number of hydrogen-bond donors (Lipinski definition) is 0. The molecule has 0 saturated carbocycles. The number of anilines is 1. The summed E-state index contributed by atoms with van der Waals surface area (Å²) in [5.74, 6) is 0.188. The molecular weight excluding hydrogens is 328 g/mol. The summed E-state index contributed by atoms with van der Waals surface area (Å²) in [7, 11) is 0. The van der Waals surface area contributed by atoms with Crippen LogP contribution in [0.25, 0.3) is 0 Å². The summed E-state index contributed by atoms with van der Waals surface area (Å²) >= 11 is 3.21. The smallest absolute Gasteiger partial charge is 0.244 e. The molecule has 1 amide bonds. The van der Waals surface area contributed by atoms with Gasteiger partial charge in [-0.05, 0) is 31.4 Å². The second-order valence-electron chi connectivity index (χ2n) is 5.36. The largest absolute Gasteiger partial charge is 0.311 e. The maximum absolute atomic E-state index is 12.8. The van der Waals surface area contributed by atoms with E-state index in [1.807, 2.05) is 41.5 Å². The number of hydrogen-bond acceptors (Lipinski definition) is 6. The minimum Gasteiger partial charge on any atom is -0.311 e. The van der Waals surface area contributed by atoms with Gasteiger partial charge in [0.25, 0.3) is 0 Å². The number of aromatic nitrogens is 2. The van der Waals surface area contributed by atoms with Gasteiger partial charge in [-0.2, -0.15) is 0 Å². The first kappa shape index (κ1) is 16.4. The van der Waals surface area contributed by atoms with E-state index in [1.54, 1.807) is 23.1 Å². The highest BCUT2D eigenvalue weighted by Crippen LogP contribution is 2.26. The summed E-state index contributed by atoms with van der Waals surface area (Å²) in [6.45, 7) is 4.38. The third kappa shape index (κ3) is 3.57. The Balaban J connectivity index is 1.71. The number of nitrogens with zero attached hydrogens (tertiary/aromatic N) is 4. The van der Waals surface area contributed by atoms with Crippen LogP contribution in [0, 0.1) is 0 Å². The number of para-hydroxylation sites is 1. The van der Waals surface area contributed by atoms with Gasteiger partial charge in [-0.25, -0.2) is 0 Å². The second-order valence-corrected chi connectivity index (χ2v) is 7.47. The lowest BCUT2D eigenvalue weighted by Gasteiger charge is -2.25. The number of carbonyl (C=O) groups excluding carboxylic acids is 1. The molecule has 0 radical (unpaired) electrons. The molecule has 1 saturated heterocycles. The first-order valence-electron chi connectivity index (χ1n) is 7.69. The standard InChI is InChI=1S/C16H20N4OS2/c1-3-19(11-14-17-18-16(22-2)23-14)13-9-10-20(15(13)21)12-7-5-4-6-8-12/h4-8,13H,3,9-11H2,1-2H3/t13-/m0/s1. The van der Waals surface area contributed by atoms with E-state index < -0.39 is 0 Å². The Morgan fingerprint density at radius 3 is 2.78 bits per heavy atom. The van der Waals surface area contributed by atoms with E-state index in [-0.39, 0.29) is 11.9 Å². The maximum Gasteiger partial charge on any atom is 0.244 e. The molecule has 0 aliphatic carbocycles. The first-order valence-corrected chi connectivity index (χ1v) is 9.74. The van der Waals surface area contributed by atoms with Gasteiger partial charge in [0.05, 0.1) is 12.6 Å². The Bertz CT molecular complexity index is 661. The van der Waals surface area contributed by atoms with Crippen molar-refractivity contribution in [2.45, 2.75) is 30.3 Å². The molecular formula is C16H20N4OS2. The summed E-state index contributed by atoms with van der Waals surface area (Å²) in [6, 6.07) is 9.83. The SMILES string of the molecule is CCN(Cc1nnc(SC)s1)[C@H]1CCN(c2ccccc2)C1=O. The van der Waals surface area contributed by atoms with Gasteiger partial charge in [0.15, 0.2) is 4.34 Å². The fourth-order valence-electron chi connectivity index (χ4n) is 2.87. The average Bonchev–Trinajstić information content (AvgIpc) is 3.20. The number of amides is 1. The lowest BCUT2D eigenvalue weighted by molar-refractivity contribution is -0.121. The van der Waals surface area contributed by atoms with Crippen LogP contribution in [-0.2, 0) is 11.3 Å². The zero-order valence-corrected chi connectivity index (χ0v) is 14.9. The fourth-order valence-corrected chi connectivity index (χ4v) is 4.21. The summed E-state index contributed by atoms with van der Waals surface area (Å²) < 4.78 is 0.972. The molecule has 5 nitrogen and oxygen atoms in total. The Kier molecular flexibility index (Phi) is 5.30. The van der Waals surface area contributed by atoms with Gasteiger partial charge in [0.2, 0.25) is 5.91 Å². The Hall–Kier alpha value is -1.44. The minimum absolute atomic E-state index is 0.0677. The number of carbonyl (C=O) groups is 1. The van der Waals surface area contributed by atoms with E-state index in [2.05, 4.69) is 22.0 Å². The van der Waals surface area contributed by atoms with E-state index in [0.717, 1.165) is 34.5 Å². The molecule has 3 rings (SSSR count). The van der Waals surface area contributed by atoms with Crippen LogP contribution in [-0.4, -0.2) is 46.4 Å². The van der Waals surface area contributed by atoms with Gasteiger partial charge < -0.3 is 4.90 Å². The third-order valence-corrected chi connectivity index (χ3v) is 5.94. The molecule has 2 heterocycles. The lowest BCUT2D eigenvalue weighted by atomic mass is 10.2. The molecule has 1 aliphatic heterocycles. The molecule has 2 aromatic rings. The van der Waals surface area contributed by atoms with Gasteiger partial charge >= 0.3 is 0 Å². The Morgan fingerprint density at radius 2 is 2.13 bits per heavy atom. The number of thioether (sulfide) groups is 1. The quantitative estimate of drug-likeness (QED) is 0.751. The highest BCUT2D eigenvalue weighted by atomic mass is 32.2. The maximum atomic E-state index is 12.8. The van der Waals surface area contributed by atoms with Gasteiger partial charge in [-0.3, -0.25) is 9.69 Å². The van der Waals surface area contributed by atoms with Crippen molar-refractivity contribution in [3.05, 3.63) is 35.3 Å². The van der Waals surface area contributed by atoms with Gasteiger partial charge in [-0.15, -0.1) is 10.2 Å². The molecule has 1 fully saturated rings. The molecule has 1 atom stereocenters. The number of rotatable bonds is 6. The van der Waals surface area contributed by atoms with Gasteiger partial charge in [-0.1, -0.05) is 48.2 Å². The minimum atomic E-state index is -0.0677. The number of benzene rings is 1. The molecule has 1 aliphatic rings. The van der Waals surface area contributed by atoms with Crippen LogP contribution in [0.15, 0.2) is 34.7 Å². The molecule has 0 bridgehead atoms. The van der Waals surface area contributed by atoms with Crippen molar-refractivity contribution in [1.82, 2.24) is 15.1 Å². The molecule has 0 spiro atoms. The van der Waals surface area contributed by atoms with Crippen LogP contribution in [0.5, 0.6) is 0 Å². The third-order valence-electron chi connectivity index (χ3n) is 4.05. The zero-order valence-electron chi connectivity index (χ0n) is 13.3. The summed E-state index contributed by atoms with van der Waals surface area (Å²) in [6.07, 6.45) is 2.86. The van der Waals surface area contributed by atoms with Crippen molar-refractivity contribution in [3.63, 3.8) is 0 Å². The van der Waals surface area contributed by atoms with Crippen LogP contribution < -0.4 is 4.90 Å². The molecule has 0 N–H and O–H groups in total. The second kappa shape index (κ2) is 7.42. The molecule has 0 unspecified atom stereocenters. The van der Waals surface area contributed by atoms with Crippen molar-refractivity contribution in [3.8, 4) is 0 Å². The molecule has 1 aromatic carbocycles. The first-order chi connectivity index (χ1) is 11.2. The molecule has 1 aromatic heterocycles. The van der Waals surface area contributed by atoms with Crippen molar-refractivity contribution >= 4 is 34.7 Å². The Labute approximate surface area is 144 Å². The molecule has 122 valence electrons. The summed E-state index contributed by atoms with van der Waals surface area (Å²) in [5, 5.41) is 9.34. The van der Waals surface area contributed by atoms with Crippen LogP contribution in [0.4, 0.5) is 5.69 Å². The normalized spacial score (nSPS) is 18.1. The zero-order chi connectivity index (χ0) is 16.2. The average molecular weight is 348 g/mol. The van der Waals surface area contributed by atoms with Gasteiger partial charge in [0.1, 0.15) is 5.01 Å². The fraction of sp³-hybridized carbons (Fsp3) is 0.438. The summed E-state index contributed by atoms with van der Waals surface area (Å²) in [5.41, 5.74) is 0.983. The van der Waals surface area contributed by atoms with Crippen molar-refractivity contribution < 1.29 is 4.79 Å². The predicted molar refractivity (Wildman–Crippen MR) is 95.0 cm³/mol. The molecule has 23 heavy (non-hydrogen) atoms. The highest BCUT2D eigenvalue weighted by Gasteiger charge is 2.36. The number of likely N-dealkylation sites (N-methyl/N-ethyl adjacent to an activating group) is 1. The molecule has 7 heteroatoms. The van der Waals surface area contributed by atoms with E-state index >= 15 is 0 Å². The van der Waals surface area contributed by atoms with E-state index in [9.17, 15) is 4.79 Å². The van der Waals surface area contributed by atoms with Crippen LogP contribution in [0.2, 0.25) is 0 Å². The van der Waals surface area contributed by atoms with E-state index in [0.29, 0.717) is 6.54 Å². The van der Waals surface area contributed by atoms with E-state index in [1.165, 1.54) is 0 Å². The van der Waals surface area contributed by atoms with Crippen LogP contribution in [0.3, 0.4) is 0 Å². The lowest BCUT2D eigenvalue weighted by Crippen LogP contribution is -2.41. The van der Waals surface area contributed by atoms with E-state index in [4.69, 9.17) is 0 Å². The topological polar surface area (TPSA) is 49.3 Å². The summed E-state index contributed by atoms with van der Waals surface area (Å²) in [4.78, 5) is 16.9. The van der Waals surface area contributed by atoms with Crippen LogP contribution >= 0.6 is 23.1 Å². The van der Waals surface area contributed by atoms with Crippen molar-refractivity contribution in [2.24, 2.45) is 0 Å². The van der Waals surface area contributed by atoms with Crippen molar-refractivity contribution in [2.75, 3.05) is 24.2 Å². The highest BCUT2D eigenvalue weighted by molar-refractivity contribution is 8.00. The monoisotopic (exact) mass is 348 g/mol. The Morgan fingerprint density at radius 1 is 1.35 bits per heavy atom.